The smallest absolute Gasteiger partial charge is 0.420 e. The molecule has 4 aromatic rings. The van der Waals surface area contributed by atoms with Crippen molar-refractivity contribution in [3.8, 4) is 16.9 Å². The maximum Gasteiger partial charge on any atom is 0.420 e. The van der Waals surface area contributed by atoms with Crippen LogP contribution in [-0.4, -0.2) is 12.6 Å². The van der Waals surface area contributed by atoms with Crippen LogP contribution in [0.25, 0.3) is 22.1 Å². The Hall–Kier alpha value is -3.85. The summed E-state index contributed by atoms with van der Waals surface area (Å²) in [4.78, 5) is 11.9. The Balaban J connectivity index is 1.74. The summed E-state index contributed by atoms with van der Waals surface area (Å²) >= 11 is 0. The average molecular weight is 501 g/mol. The van der Waals surface area contributed by atoms with Crippen LogP contribution in [0, 0.1) is 5.82 Å². The molecule has 0 aliphatic carbocycles. The van der Waals surface area contributed by atoms with Gasteiger partial charge in [-0.3, -0.25) is 4.79 Å². The van der Waals surface area contributed by atoms with E-state index in [-0.39, 0.29) is 48.5 Å². The predicted octanol–water partition coefficient (Wildman–Crippen LogP) is 6.40. The molecule has 0 spiro atoms. The van der Waals surface area contributed by atoms with E-state index < -0.39 is 23.5 Å². The summed E-state index contributed by atoms with van der Waals surface area (Å²) in [5, 5.41) is -0.109. The molecule has 0 aliphatic heterocycles. The molecule has 0 aliphatic rings. The third-order valence-corrected chi connectivity index (χ3v) is 5.57. The lowest BCUT2D eigenvalue weighted by molar-refractivity contribution is -0.142. The molecule has 188 valence electrons. The third kappa shape index (κ3) is 5.52. The highest BCUT2D eigenvalue weighted by Crippen LogP contribution is 2.40. The quantitative estimate of drug-likeness (QED) is 0.223. The van der Waals surface area contributed by atoms with Crippen LogP contribution in [0.4, 0.5) is 17.6 Å². The molecule has 0 amide bonds. The number of halogens is 4. The number of furan rings is 1. The van der Waals surface area contributed by atoms with E-state index in [9.17, 15) is 22.4 Å². The highest BCUT2D eigenvalue weighted by Gasteiger charge is 2.35. The molecule has 0 bridgehead atoms. The molecule has 1 heterocycles. The Morgan fingerprint density at radius 2 is 1.86 bits per heavy atom. The van der Waals surface area contributed by atoms with Gasteiger partial charge in [0.25, 0.3) is 0 Å². The van der Waals surface area contributed by atoms with Gasteiger partial charge in [0, 0.05) is 23.1 Å². The molecule has 0 saturated heterocycles. The van der Waals surface area contributed by atoms with Crippen molar-refractivity contribution in [2.45, 2.75) is 32.7 Å². The van der Waals surface area contributed by atoms with Gasteiger partial charge in [-0.1, -0.05) is 18.2 Å². The van der Waals surface area contributed by atoms with Crippen molar-refractivity contribution in [2.24, 2.45) is 5.73 Å². The van der Waals surface area contributed by atoms with Crippen LogP contribution in [0.3, 0.4) is 0 Å². The molecule has 2 N–H and O–H groups in total. The van der Waals surface area contributed by atoms with E-state index in [0.717, 1.165) is 11.6 Å². The summed E-state index contributed by atoms with van der Waals surface area (Å²) in [6.45, 7) is 1.96. The summed E-state index contributed by atoms with van der Waals surface area (Å²) in [6.07, 6.45) is -4.13. The first-order valence-corrected chi connectivity index (χ1v) is 11.2. The zero-order chi connectivity index (χ0) is 25.9. The van der Waals surface area contributed by atoms with Gasteiger partial charge in [0.05, 0.1) is 13.0 Å². The number of fused-ring (bicyclic) bond motifs is 1. The topological polar surface area (TPSA) is 74.7 Å². The Morgan fingerprint density at radius 1 is 1.06 bits per heavy atom. The molecule has 0 unspecified atom stereocenters. The highest BCUT2D eigenvalue weighted by atomic mass is 19.4. The number of hydrogen-bond acceptors (Lipinski definition) is 5. The molecular formula is C27H23F4NO4. The normalized spacial score (nSPS) is 11.6. The van der Waals surface area contributed by atoms with Gasteiger partial charge in [0.2, 0.25) is 0 Å². The van der Waals surface area contributed by atoms with Crippen molar-refractivity contribution < 1.29 is 36.2 Å². The van der Waals surface area contributed by atoms with Gasteiger partial charge in [0.1, 0.15) is 35.6 Å². The van der Waals surface area contributed by atoms with Crippen LogP contribution in [-0.2, 0) is 35.3 Å². The van der Waals surface area contributed by atoms with Gasteiger partial charge in [-0.25, -0.2) is 4.39 Å². The monoisotopic (exact) mass is 501 g/mol. The number of ether oxygens (including phenoxy) is 2. The van der Waals surface area contributed by atoms with Crippen molar-refractivity contribution in [1.82, 2.24) is 0 Å². The van der Waals surface area contributed by atoms with Crippen LogP contribution >= 0.6 is 0 Å². The SMILES string of the molecule is CCOC(=O)Cc1cc(F)ccc1OCc1cc(-c2cccc(CN)c2)c2occ(C(F)(F)F)c2c1. The minimum atomic E-state index is -4.62. The molecule has 0 atom stereocenters. The first kappa shape index (κ1) is 25.2. The second-order valence-corrected chi connectivity index (χ2v) is 8.09. The Labute approximate surface area is 204 Å². The lowest BCUT2D eigenvalue weighted by Gasteiger charge is -2.14. The number of hydrogen-bond donors (Lipinski definition) is 1. The van der Waals surface area contributed by atoms with Crippen molar-refractivity contribution in [3.05, 3.63) is 88.9 Å². The average Bonchev–Trinajstić information content (AvgIpc) is 3.28. The minimum absolute atomic E-state index is 0.0880. The number of carbonyl (C=O) groups is 1. The number of esters is 1. The molecule has 4 rings (SSSR count). The first-order chi connectivity index (χ1) is 17.2. The number of alkyl halides is 3. The molecule has 0 radical (unpaired) electrons. The van der Waals surface area contributed by atoms with Gasteiger partial charge in [0.15, 0.2) is 0 Å². The van der Waals surface area contributed by atoms with Gasteiger partial charge < -0.3 is 19.6 Å². The maximum atomic E-state index is 13.8. The number of nitrogens with two attached hydrogens (primary N) is 1. The Bertz CT molecular complexity index is 1390. The van der Waals surface area contributed by atoms with E-state index in [1.54, 1.807) is 31.2 Å². The van der Waals surface area contributed by atoms with Crippen molar-refractivity contribution in [1.29, 1.82) is 0 Å². The largest absolute Gasteiger partial charge is 0.489 e. The fraction of sp³-hybridized carbons (Fsp3) is 0.222. The fourth-order valence-corrected chi connectivity index (χ4v) is 3.94. The zero-order valence-electron chi connectivity index (χ0n) is 19.3. The van der Waals surface area contributed by atoms with Crippen LogP contribution in [0.2, 0.25) is 0 Å². The van der Waals surface area contributed by atoms with E-state index >= 15 is 0 Å². The fourth-order valence-electron chi connectivity index (χ4n) is 3.94. The third-order valence-electron chi connectivity index (χ3n) is 5.57. The van der Waals surface area contributed by atoms with E-state index in [4.69, 9.17) is 19.6 Å². The lowest BCUT2D eigenvalue weighted by Crippen LogP contribution is -2.09. The zero-order valence-corrected chi connectivity index (χ0v) is 19.3. The van der Waals surface area contributed by atoms with Crippen molar-refractivity contribution >= 4 is 16.9 Å². The number of rotatable bonds is 8. The molecule has 9 heteroatoms. The van der Waals surface area contributed by atoms with Crippen LogP contribution in [0.15, 0.2) is 65.3 Å². The predicted molar refractivity (Wildman–Crippen MR) is 126 cm³/mol. The van der Waals surface area contributed by atoms with E-state index in [2.05, 4.69) is 0 Å². The highest BCUT2D eigenvalue weighted by molar-refractivity contribution is 5.95. The Kier molecular flexibility index (Phi) is 7.30. The van der Waals surface area contributed by atoms with E-state index in [1.165, 1.54) is 18.2 Å². The second-order valence-electron chi connectivity index (χ2n) is 8.09. The van der Waals surface area contributed by atoms with Gasteiger partial charge in [-0.2, -0.15) is 13.2 Å². The van der Waals surface area contributed by atoms with Gasteiger partial charge in [-0.05, 0) is 60.0 Å². The molecule has 0 saturated carbocycles. The van der Waals surface area contributed by atoms with Crippen LogP contribution in [0.5, 0.6) is 5.75 Å². The van der Waals surface area contributed by atoms with Crippen LogP contribution in [0.1, 0.15) is 29.2 Å². The van der Waals surface area contributed by atoms with Crippen LogP contribution < -0.4 is 10.5 Å². The van der Waals surface area contributed by atoms with Crippen molar-refractivity contribution in [2.75, 3.05) is 6.61 Å². The van der Waals surface area contributed by atoms with E-state index in [0.29, 0.717) is 23.0 Å². The molecule has 1 aromatic heterocycles. The summed E-state index contributed by atoms with van der Waals surface area (Å²) in [5.41, 5.74) is 7.51. The summed E-state index contributed by atoms with van der Waals surface area (Å²) < 4.78 is 71.0. The maximum absolute atomic E-state index is 13.8. The first-order valence-electron chi connectivity index (χ1n) is 11.2. The molecule has 5 nitrogen and oxygen atoms in total. The number of carbonyl (C=O) groups excluding carboxylic acids is 1. The second kappa shape index (κ2) is 10.4. The summed E-state index contributed by atoms with van der Waals surface area (Å²) in [7, 11) is 0. The molecule has 36 heavy (non-hydrogen) atoms. The molecule has 3 aromatic carbocycles. The van der Waals surface area contributed by atoms with E-state index in [1.807, 2.05) is 6.07 Å². The lowest BCUT2D eigenvalue weighted by atomic mass is 9.97. The van der Waals surface area contributed by atoms with Gasteiger partial charge >= 0.3 is 12.1 Å². The van der Waals surface area contributed by atoms with Gasteiger partial charge in [-0.15, -0.1) is 0 Å². The summed E-state index contributed by atoms with van der Waals surface area (Å²) in [5.74, 6) is -0.887. The molecular weight excluding hydrogens is 478 g/mol. The summed E-state index contributed by atoms with van der Waals surface area (Å²) in [6, 6.07) is 13.9. The molecule has 0 fully saturated rings. The van der Waals surface area contributed by atoms with Crippen molar-refractivity contribution in [3.63, 3.8) is 0 Å². The number of benzene rings is 3. The Morgan fingerprint density at radius 3 is 2.58 bits per heavy atom. The minimum Gasteiger partial charge on any atom is -0.489 e. The standard InChI is InChI=1S/C27H23F4NO4/c1-2-34-25(33)12-19-11-20(28)6-7-24(19)35-14-17-9-21(18-5-3-4-16(8-18)13-32)26-22(10-17)23(15-36-26)27(29,30)31/h3-11,15H,2,12-14,32H2,1H3.